The molecule has 5 heterocycles. The van der Waals surface area contributed by atoms with Crippen LogP contribution in [0.25, 0.3) is 27.6 Å². The number of aliphatic imine (C=N–C) groups is 1. The molecule has 6 atom stereocenters. The fourth-order valence-corrected chi connectivity index (χ4v) is 10.9. The minimum atomic E-state index is -1.17. The SMILES string of the molecule is CCn1c(C2=C([C@H](C)OC)N=CCC2)c2c3cc(ccc31)-c1cc(O)cc(c1)C[C@H](NC(=O)[C@H](C(C)C)N(C)C(=O)CN(C)C(=O)[C@@H]1N[C@@H]1C1CCC1)C(=O)N1CCC[C@H](N1)C(=O)OCC(C)(C)C2. The number of rotatable bonds is 12. The number of phenolic OH excluding ortho intramolecular Hbond substituents is 1. The molecule has 0 unspecified atom stereocenters. The number of carbonyl (C=O) groups excluding carboxylic acids is 5. The van der Waals surface area contributed by atoms with Crippen LogP contribution in [0.1, 0.15) is 103 Å². The van der Waals surface area contributed by atoms with Crippen LogP contribution >= 0.6 is 0 Å². The lowest BCUT2D eigenvalue weighted by molar-refractivity contribution is -0.155. The van der Waals surface area contributed by atoms with E-state index in [9.17, 15) is 29.1 Å². The maximum Gasteiger partial charge on any atom is 0.324 e. The van der Waals surface area contributed by atoms with Gasteiger partial charge in [0, 0.05) is 74.9 Å². The first-order chi connectivity index (χ1) is 32.9. The molecule has 0 spiro atoms. The Morgan fingerprint density at radius 1 is 1.04 bits per heavy atom. The van der Waals surface area contributed by atoms with Gasteiger partial charge >= 0.3 is 5.97 Å². The standard InChI is InChI=1S/C53H72N8O8/c1-10-60-42-19-18-34-26-38(42)39(48(60)37-16-12-20-54-44(37)31(4)68-9)27-53(5,6)29-69-52(67)40-17-13-21-61(57-40)50(65)41(24-32-22-35(34)25-36(62)23-32)55-49(64)47(30(2)3)59(8)43(63)28-58(7)51(66)46-45(56-46)33-14-11-15-33/h18-20,22-23,25-26,30-31,33,40-41,45-47,56-57,62H,10-17,21,24,27-29H2,1-9H3,(H,55,64)/t31-,40-,41-,45+,46+,47-/m0/s1. The van der Waals surface area contributed by atoms with Crippen molar-refractivity contribution in [2.45, 2.75) is 142 Å². The first-order valence-corrected chi connectivity index (χ1v) is 25.0. The summed E-state index contributed by atoms with van der Waals surface area (Å²) >= 11 is 0. The number of nitrogens with zero attached hydrogens (tertiary/aromatic N) is 5. The lowest BCUT2D eigenvalue weighted by Crippen LogP contribution is -2.62. The third-order valence-electron chi connectivity index (χ3n) is 14.9. The summed E-state index contributed by atoms with van der Waals surface area (Å²) in [4.78, 5) is 78.1. The molecule has 8 rings (SSSR count). The van der Waals surface area contributed by atoms with Gasteiger partial charge in [-0.3, -0.25) is 39.3 Å². The third-order valence-corrected chi connectivity index (χ3v) is 14.9. The van der Waals surface area contributed by atoms with Crippen LogP contribution in [0.4, 0.5) is 0 Å². The number of phenols is 1. The number of carbonyl (C=O) groups is 5. The molecule has 2 aromatic carbocycles. The average Bonchev–Trinajstić information content (AvgIpc) is 4.02. The van der Waals surface area contributed by atoms with Crippen LogP contribution in [-0.2, 0) is 52.8 Å². The van der Waals surface area contributed by atoms with E-state index in [2.05, 4.69) is 53.5 Å². The molecule has 3 fully saturated rings. The van der Waals surface area contributed by atoms with E-state index in [0.29, 0.717) is 37.3 Å². The van der Waals surface area contributed by atoms with E-state index in [1.54, 1.807) is 33.3 Å². The zero-order chi connectivity index (χ0) is 49.5. The molecular weight excluding hydrogens is 877 g/mol. The van der Waals surface area contributed by atoms with Gasteiger partial charge in [0.2, 0.25) is 17.7 Å². The number of benzene rings is 2. The van der Waals surface area contributed by atoms with Gasteiger partial charge in [-0.15, -0.1) is 0 Å². The number of cyclic esters (lactones) is 1. The van der Waals surface area contributed by atoms with Crippen LogP contribution < -0.4 is 16.1 Å². The highest BCUT2D eigenvalue weighted by Gasteiger charge is 2.50. The Kier molecular flexibility index (Phi) is 14.7. The van der Waals surface area contributed by atoms with Crippen LogP contribution in [0.3, 0.4) is 0 Å². The van der Waals surface area contributed by atoms with Gasteiger partial charge in [0.1, 0.15) is 29.9 Å². The molecule has 3 aromatic rings. The number of aromatic nitrogens is 1. The maximum atomic E-state index is 14.8. The lowest BCUT2D eigenvalue weighted by Gasteiger charge is -2.37. The molecule has 1 aromatic heterocycles. The second kappa shape index (κ2) is 20.4. The first kappa shape index (κ1) is 49.8. The molecule has 4 N–H and O–H groups in total. The van der Waals surface area contributed by atoms with Crippen molar-refractivity contribution in [2.24, 2.45) is 22.2 Å². The number of esters is 1. The summed E-state index contributed by atoms with van der Waals surface area (Å²) in [5, 5.41) is 20.1. The normalized spacial score (nSPS) is 23.8. The van der Waals surface area contributed by atoms with Gasteiger partial charge in [-0.2, -0.15) is 0 Å². The molecule has 4 amide bonds. The second-order valence-corrected chi connectivity index (χ2v) is 21.1. The predicted molar refractivity (Wildman–Crippen MR) is 265 cm³/mol. The van der Waals surface area contributed by atoms with Gasteiger partial charge in [-0.1, -0.05) is 46.2 Å². The average molecular weight is 949 g/mol. The first-order valence-electron chi connectivity index (χ1n) is 25.0. The van der Waals surface area contributed by atoms with Gasteiger partial charge in [0.05, 0.1) is 30.6 Å². The molecule has 372 valence electrons. The van der Waals surface area contributed by atoms with Gasteiger partial charge in [-0.05, 0) is 117 Å². The van der Waals surface area contributed by atoms with Crippen molar-refractivity contribution in [3.8, 4) is 16.9 Å². The van der Waals surface area contributed by atoms with E-state index in [4.69, 9.17) is 14.5 Å². The van der Waals surface area contributed by atoms with Gasteiger partial charge < -0.3 is 34.3 Å². The summed E-state index contributed by atoms with van der Waals surface area (Å²) in [6.45, 7) is 12.9. The number of amides is 4. The highest BCUT2D eigenvalue weighted by atomic mass is 16.5. The van der Waals surface area contributed by atoms with Gasteiger partial charge in [0.15, 0.2) is 0 Å². The van der Waals surface area contributed by atoms with Crippen LogP contribution in [0.15, 0.2) is 47.1 Å². The number of hydrazine groups is 1. The number of fused-ring (bicyclic) bond motifs is 6. The molecule has 4 aliphatic heterocycles. The predicted octanol–water partition coefficient (Wildman–Crippen LogP) is 5.37. The van der Waals surface area contributed by atoms with Crippen molar-refractivity contribution in [1.82, 2.24) is 35.4 Å². The summed E-state index contributed by atoms with van der Waals surface area (Å²) < 4.78 is 14.3. The highest BCUT2D eigenvalue weighted by Crippen LogP contribution is 2.42. The Hall–Kier alpha value is -5.58. The van der Waals surface area contributed by atoms with Crippen molar-refractivity contribution in [3.63, 3.8) is 0 Å². The van der Waals surface area contributed by atoms with Gasteiger partial charge in [-0.25, -0.2) is 5.43 Å². The molecule has 16 heteroatoms. The molecular formula is C53H72N8O8. The molecule has 6 bridgehead atoms. The largest absolute Gasteiger partial charge is 0.508 e. The van der Waals surface area contributed by atoms with E-state index < -0.39 is 47.2 Å². The highest BCUT2D eigenvalue weighted by molar-refractivity contribution is 5.96. The van der Waals surface area contributed by atoms with Gasteiger partial charge in [0.25, 0.3) is 5.91 Å². The molecule has 69 heavy (non-hydrogen) atoms. The van der Waals surface area contributed by atoms with Crippen molar-refractivity contribution >= 4 is 52.3 Å². The Bertz CT molecular complexity index is 2540. The number of allylic oxidation sites excluding steroid dienone is 1. The minimum Gasteiger partial charge on any atom is -0.508 e. The Balaban J connectivity index is 1.15. The number of likely N-dealkylation sites (N-methyl/N-ethyl adjacent to an activating group) is 2. The number of aromatic hydroxyl groups is 1. The second-order valence-electron chi connectivity index (χ2n) is 21.1. The zero-order valence-electron chi connectivity index (χ0n) is 41.9. The van der Waals surface area contributed by atoms with Crippen LogP contribution in [0.5, 0.6) is 5.75 Å². The monoisotopic (exact) mass is 949 g/mol. The summed E-state index contributed by atoms with van der Waals surface area (Å²) in [6, 6.07) is 8.42. The topological polar surface area (TPSA) is 197 Å². The molecule has 16 nitrogen and oxygen atoms in total. The number of hydrogen-bond donors (Lipinski definition) is 4. The molecule has 1 saturated carbocycles. The van der Waals surface area contributed by atoms with E-state index in [-0.39, 0.29) is 61.9 Å². The maximum absolute atomic E-state index is 14.8. The van der Waals surface area contributed by atoms with Crippen molar-refractivity contribution in [1.29, 1.82) is 0 Å². The van der Waals surface area contributed by atoms with E-state index in [0.717, 1.165) is 70.2 Å². The van der Waals surface area contributed by atoms with Crippen molar-refractivity contribution in [3.05, 3.63) is 58.9 Å². The zero-order valence-corrected chi connectivity index (χ0v) is 41.9. The Labute approximate surface area is 406 Å². The number of methoxy groups -OCH3 is 1. The molecule has 1 aliphatic carbocycles. The fraction of sp³-hybridized carbons (Fsp3) is 0.585. The summed E-state index contributed by atoms with van der Waals surface area (Å²) in [7, 11) is 4.85. The molecule has 5 aliphatic rings. The van der Waals surface area contributed by atoms with E-state index in [1.807, 2.05) is 39.1 Å². The molecule has 2 saturated heterocycles. The quantitative estimate of drug-likeness (QED) is 0.135. The van der Waals surface area contributed by atoms with Crippen molar-refractivity contribution in [2.75, 3.05) is 40.9 Å². The number of ether oxygens (including phenoxy) is 2. The van der Waals surface area contributed by atoms with Crippen LogP contribution in [0.2, 0.25) is 0 Å². The minimum absolute atomic E-state index is 0.00511. The lowest BCUT2D eigenvalue weighted by atomic mass is 9.81. The Morgan fingerprint density at radius 2 is 1.81 bits per heavy atom. The number of nitrogens with one attached hydrogen (secondary N) is 3. The summed E-state index contributed by atoms with van der Waals surface area (Å²) in [5.74, 6) is -1.93. The smallest absolute Gasteiger partial charge is 0.324 e. The number of aryl methyl sites for hydroxylation is 1. The number of hydrogen-bond acceptors (Lipinski definition) is 11. The van der Waals surface area contributed by atoms with E-state index in [1.165, 1.54) is 21.2 Å². The fourth-order valence-electron chi connectivity index (χ4n) is 10.9. The van der Waals surface area contributed by atoms with E-state index >= 15 is 0 Å². The summed E-state index contributed by atoms with van der Waals surface area (Å²) in [5.41, 5.74) is 10.0. The third kappa shape index (κ3) is 10.5. The van der Waals surface area contributed by atoms with Crippen LogP contribution in [0, 0.1) is 17.3 Å². The van der Waals surface area contributed by atoms with Crippen LogP contribution in [-0.4, -0.2) is 138 Å². The molecule has 0 radical (unpaired) electrons. The summed E-state index contributed by atoms with van der Waals surface area (Å²) in [6.07, 6.45) is 8.19. The Morgan fingerprint density at radius 3 is 2.51 bits per heavy atom. The van der Waals surface area contributed by atoms with Crippen molar-refractivity contribution < 1.29 is 38.6 Å².